The van der Waals surface area contributed by atoms with Gasteiger partial charge in [0, 0.05) is 23.2 Å². The summed E-state index contributed by atoms with van der Waals surface area (Å²) in [6.45, 7) is 0. The molecule has 0 saturated heterocycles. The molecule has 1 N–H and O–H groups in total. The van der Waals surface area contributed by atoms with Crippen LogP contribution >= 0.6 is 0 Å². The van der Waals surface area contributed by atoms with Gasteiger partial charge in [0.25, 0.3) is 5.91 Å². The van der Waals surface area contributed by atoms with Crippen molar-refractivity contribution in [2.24, 2.45) is 0 Å². The van der Waals surface area contributed by atoms with Crippen molar-refractivity contribution in [2.75, 3.05) is 5.32 Å². The molecule has 0 spiro atoms. The predicted molar refractivity (Wildman–Crippen MR) is 91.4 cm³/mol. The summed E-state index contributed by atoms with van der Waals surface area (Å²) in [5, 5.41) is 4.85. The van der Waals surface area contributed by atoms with Gasteiger partial charge in [-0.2, -0.15) is 0 Å². The van der Waals surface area contributed by atoms with Crippen molar-refractivity contribution in [3.8, 4) is 0 Å². The largest absolute Gasteiger partial charge is 0.320 e. The van der Waals surface area contributed by atoms with Crippen molar-refractivity contribution in [3.63, 3.8) is 0 Å². The molecule has 2 heterocycles. The van der Waals surface area contributed by atoms with Crippen LogP contribution < -0.4 is 5.32 Å². The first-order valence-corrected chi connectivity index (χ1v) is 7.31. The molecule has 0 radical (unpaired) electrons. The highest BCUT2D eigenvalue weighted by atomic mass is 16.1. The molecule has 0 aliphatic carbocycles. The lowest BCUT2D eigenvalue weighted by molar-refractivity contribution is 0.102. The van der Waals surface area contributed by atoms with Crippen LogP contribution in [0.2, 0.25) is 0 Å². The lowest BCUT2D eigenvalue weighted by Gasteiger charge is -2.08. The molecule has 0 atom stereocenters. The van der Waals surface area contributed by atoms with E-state index in [1.807, 2.05) is 60.7 Å². The van der Waals surface area contributed by atoms with E-state index in [4.69, 9.17) is 0 Å². The van der Waals surface area contributed by atoms with E-state index >= 15 is 0 Å². The number of benzene rings is 2. The highest BCUT2D eigenvalue weighted by Gasteiger charge is 2.10. The minimum absolute atomic E-state index is 0.193. The molecular weight excluding hydrogens is 286 g/mol. The van der Waals surface area contributed by atoms with E-state index in [0.29, 0.717) is 11.3 Å². The summed E-state index contributed by atoms with van der Waals surface area (Å²) in [7, 11) is 0. The van der Waals surface area contributed by atoms with Gasteiger partial charge in [-0.3, -0.25) is 14.8 Å². The van der Waals surface area contributed by atoms with Crippen LogP contribution in [0.5, 0.6) is 0 Å². The molecule has 0 unspecified atom stereocenters. The average molecular weight is 299 g/mol. The summed E-state index contributed by atoms with van der Waals surface area (Å²) in [6, 6.07) is 19.1. The maximum atomic E-state index is 12.5. The number of rotatable bonds is 2. The van der Waals surface area contributed by atoms with Crippen LogP contribution in [-0.4, -0.2) is 15.9 Å². The SMILES string of the molecule is O=C(Nc1cccc2cccnc12)c1cnc2ccccc2c1. The molecule has 0 bridgehead atoms. The first kappa shape index (κ1) is 13.4. The Balaban J connectivity index is 1.70. The van der Waals surface area contributed by atoms with E-state index in [1.54, 1.807) is 12.4 Å². The van der Waals surface area contributed by atoms with Gasteiger partial charge in [0.15, 0.2) is 0 Å². The first-order chi connectivity index (χ1) is 11.3. The van der Waals surface area contributed by atoms with Crippen LogP contribution in [0.3, 0.4) is 0 Å². The molecule has 0 fully saturated rings. The second-order valence-electron chi connectivity index (χ2n) is 5.25. The number of fused-ring (bicyclic) bond motifs is 2. The topological polar surface area (TPSA) is 54.9 Å². The summed E-state index contributed by atoms with van der Waals surface area (Å²) in [5.41, 5.74) is 2.87. The van der Waals surface area contributed by atoms with Crippen LogP contribution in [0.25, 0.3) is 21.8 Å². The van der Waals surface area contributed by atoms with E-state index in [9.17, 15) is 4.79 Å². The Morgan fingerprint density at radius 3 is 2.65 bits per heavy atom. The molecule has 2 aromatic carbocycles. The number of hydrogen-bond donors (Lipinski definition) is 1. The summed E-state index contributed by atoms with van der Waals surface area (Å²) < 4.78 is 0. The zero-order valence-electron chi connectivity index (χ0n) is 12.2. The maximum absolute atomic E-state index is 12.5. The number of carbonyl (C=O) groups excluding carboxylic acids is 1. The molecule has 4 rings (SSSR count). The number of nitrogens with zero attached hydrogens (tertiary/aromatic N) is 2. The lowest BCUT2D eigenvalue weighted by atomic mass is 10.1. The Hall–Kier alpha value is -3.27. The number of nitrogens with one attached hydrogen (secondary N) is 1. The minimum Gasteiger partial charge on any atom is -0.320 e. The third-order valence-corrected chi connectivity index (χ3v) is 3.73. The van der Waals surface area contributed by atoms with Crippen LogP contribution in [0, 0.1) is 0 Å². The molecule has 0 aliphatic rings. The molecule has 4 nitrogen and oxygen atoms in total. The van der Waals surface area contributed by atoms with Gasteiger partial charge < -0.3 is 5.32 Å². The molecular formula is C19H13N3O. The van der Waals surface area contributed by atoms with E-state index in [0.717, 1.165) is 21.8 Å². The predicted octanol–water partition coefficient (Wildman–Crippen LogP) is 4.04. The highest BCUT2D eigenvalue weighted by Crippen LogP contribution is 2.21. The number of hydrogen-bond acceptors (Lipinski definition) is 3. The van der Waals surface area contributed by atoms with E-state index < -0.39 is 0 Å². The van der Waals surface area contributed by atoms with Gasteiger partial charge in [0.2, 0.25) is 0 Å². The minimum atomic E-state index is -0.193. The number of carbonyl (C=O) groups is 1. The molecule has 0 saturated carbocycles. The monoisotopic (exact) mass is 299 g/mol. The third kappa shape index (κ3) is 2.51. The van der Waals surface area contributed by atoms with Crippen molar-refractivity contribution >= 4 is 33.4 Å². The van der Waals surface area contributed by atoms with E-state index in [-0.39, 0.29) is 5.91 Å². The van der Waals surface area contributed by atoms with Gasteiger partial charge in [0.1, 0.15) is 0 Å². The van der Waals surface area contributed by atoms with E-state index in [1.165, 1.54) is 0 Å². The third-order valence-electron chi connectivity index (χ3n) is 3.73. The van der Waals surface area contributed by atoms with E-state index in [2.05, 4.69) is 15.3 Å². The molecule has 110 valence electrons. The number of pyridine rings is 2. The number of para-hydroxylation sites is 2. The fourth-order valence-corrected chi connectivity index (χ4v) is 2.59. The number of amides is 1. The summed E-state index contributed by atoms with van der Waals surface area (Å²) in [6.07, 6.45) is 3.31. The fraction of sp³-hybridized carbons (Fsp3) is 0. The van der Waals surface area contributed by atoms with Crippen molar-refractivity contribution in [1.82, 2.24) is 9.97 Å². The van der Waals surface area contributed by atoms with Crippen molar-refractivity contribution in [2.45, 2.75) is 0 Å². The Labute approximate surface area is 132 Å². The zero-order valence-corrected chi connectivity index (χ0v) is 12.2. The van der Waals surface area contributed by atoms with Crippen molar-refractivity contribution in [3.05, 3.63) is 78.6 Å². The van der Waals surface area contributed by atoms with Crippen molar-refractivity contribution in [1.29, 1.82) is 0 Å². The summed E-state index contributed by atoms with van der Waals surface area (Å²) in [5.74, 6) is -0.193. The molecule has 23 heavy (non-hydrogen) atoms. The fourth-order valence-electron chi connectivity index (χ4n) is 2.59. The Bertz CT molecular complexity index is 1020. The van der Waals surface area contributed by atoms with Gasteiger partial charge in [-0.1, -0.05) is 36.4 Å². The normalized spacial score (nSPS) is 10.8. The molecule has 2 aromatic heterocycles. The average Bonchev–Trinajstić information content (AvgIpc) is 2.61. The Morgan fingerprint density at radius 1 is 0.870 bits per heavy atom. The van der Waals surface area contributed by atoms with Crippen molar-refractivity contribution < 1.29 is 4.79 Å². The maximum Gasteiger partial charge on any atom is 0.257 e. The quantitative estimate of drug-likeness (QED) is 0.608. The molecule has 0 aliphatic heterocycles. The lowest BCUT2D eigenvalue weighted by Crippen LogP contribution is -2.12. The summed E-state index contributed by atoms with van der Waals surface area (Å²) in [4.78, 5) is 21.2. The van der Waals surface area contributed by atoms with Gasteiger partial charge in [-0.25, -0.2) is 0 Å². The Kier molecular flexibility index (Phi) is 3.20. The first-order valence-electron chi connectivity index (χ1n) is 7.31. The number of anilines is 1. The zero-order chi connectivity index (χ0) is 15.6. The second-order valence-corrected chi connectivity index (χ2v) is 5.25. The second kappa shape index (κ2) is 5.50. The number of aromatic nitrogens is 2. The van der Waals surface area contributed by atoms with Gasteiger partial charge >= 0.3 is 0 Å². The van der Waals surface area contributed by atoms with Gasteiger partial charge in [0.05, 0.1) is 22.3 Å². The highest BCUT2D eigenvalue weighted by molar-refractivity contribution is 6.09. The van der Waals surface area contributed by atoms with Crippen LogP contribution in [0.1, 0.15) is 10.4 Å². The molecule has 4 aromatic rings. The Morgan fingerprint density at radius 2 is 1.70 bits per heavy atom. The summed E-state index contributed by atoms with van der Waals surface area (Å²) >= 11 is 0. The van der Waals surface area contributed by atoms with Crippen LogP contribution in [-0.2, 0) is 0 Å². The van der Waals surface area contributed by atoms with Crippen LogP contribution in [0.15, 0.2) is 73.1 Å². The standard InChI is InChI=1S/C19H13N3O/c23-19(15-11-14-5-1-2-8-16(14)21-12-15)22-17-9-3-6-13-7-4-10-20-18(13)17/h1-12H,(H,22,23). The van der Waals surface area contributed by atoms with Crippen LogP contribution in [0.4, 0.5) is 5.69 Å². The molecule has 1 amide bonds. The van der Waals surface area contributed by atoms with Gasteiger partial charge in [-0.05, 0) is 24.3 Å². The molecule has 4 heteroatoms. The smallest absolute Gasteiger partial charge is 0.257 e. The van der Waals surface area contributed by atoms with Gasteiger partial charge in [-0.15, -0.1) is 0 Å².